The summed E-state index contributed by atoms with van der Waals surface area (Å²) >= 11 is 0.217. The van der Waals surface area contributed by atoms with Crippen molar-refractivity contribution in [2.75, 3.05) is 4.90 Å². The number of anilines is 3. The monoisotopic (exact) mass is 615 g/mol. The molecule has 0 fully saturated rings. The van der Waals surface area contributed by atoms with Crippen molar-refractivity contribution in [1.29, 1.82) is 0 Å². The van der Waals surface area contributed by atoms with Crippen LogP contribution in [-0.2, 0) is 5.41 Å². The second-order valence-corrected chi connectivity index (χ2v) is 14.4. The van der Waals surface area contributed by atoms with Crippen molar-refractivity contribution in [2.24, 2.45) is 0 Å². The van der Waals surface area contributed by atoms with Crippen LogP contribution in [0.4, 0.5) is 17.1 Å². The van der Waals surface area contributed by atoms with Gasteiger partial charge in [-0.05, 0) is 0 Å². The zero-order valence-corrected chi connectivity index (χ0v) is 25.8. The predicted octanol–water partition coefficient (Wildman–Crippen LogP) is 11.1. The molecule has 1 nitrogen and oxygen atoms in total. The Morgan fingerprint density at radius 2 is 1.16 bits per heavy atom. The van der Waals surface area contributed by atoms with Crippen molar-refractivity contribution in [3.8, 4) is 11.1 Å². The Hall–Kier alpha value is -4.62. The SMILES string of the molecule is CC1(C)c2ccccc2-c2ccc(N(c3ccccc3)c3ccc4c(c3)[se]c3c4ccc4ccc5ccccc5c43)cc21. The van der Waals surface area contributed by atoms with Crippen molar-refractivity contribution in [1.82, 2.24) is 0 Å². The molecule has 204 valence electrons. The third-order valence-corrected chi connectivity index (χ3v) is 11.9. The second-order valence-electron chi connectivity index (χ2n) is 12.2. The van der Waals surface area contributed by atoms with E-state index in [4.69, 9.17) is 0 Å². The van der Waals surface area contributed by atoms with Crippen LogP contribution in [0.25, 0.3) is 52.0 Å². The number of hydrogen-bond acceptors (Lipinski definition) is 1. The maximum atomic E-state index is 2.45. The summed E-state index contributed by atoms with van der Waals surface area (Å²) in [5.41, 5.74) is 9.05. The number of benzene rings is 7. The molecule has 2 heteroatoms. The standard InChI is InChI=1S/C41H29NSe/c1-41(2)36-15-9-8-14-32(36)33-22-19-29(24-37(33)41)42(28-11-4-3-5-12-28)30-20-23-34-35-21-18-27-17-16-26-10-6-7-13-31(26)39(27)40(35)43-38(34)25-30/h3-25H,1-2H3. The van der Waals surface area contributed by atoms with Gasteiger partial charge in [0, 0.05) is 0 Å². The fourth-order valence-corrected chi connectivity index (χ4v) is 10.0. The van der Waals surface area contributed by atoms with Crippen molar-refractivity contribution < 1.29 is 0 Å². The molecule has 7 aromatic carbocycles. The van der Waals surface area contributed by atoms with E-state index in [0.29, 0.717) is 0 Å². The van der Waals surface area contributed by atoms with Gasteiger partial charge < -0.3 is 0 Å². The molecule has 43 heavy (non-hydrogen) atoms. The third-order valence-electron chi connectivity index (χ3n) is 9.43. The van der Waals surface area contributed by atoms with Crippen molar-refractivity contribution in [3.63, 3.8) is 0 Å². The number of fused-ring (bicyclic) bond motifs is 10. The molecule has 0 spiro atoms. The molecule has 1 aliphatic carbocycles. The van der Waals surface area contributed by atoms with Gasteiger partial charge in [0.15, 0.2) is 0 Å². The van der Waals surface area contributed by atoms with Crippen LogP contribution in [0.3, 0.4) is 0 Å². The molecule has 0 bridgehead atoms. The van der Waals surface area contributed by atoms with Gasteiger partial charge in [-0.3, -0.25) is 0 Å². The topological polar surface area (TPSA) is 3.24 Å². The molecule has 1 heterocycles. The number of hydrogen-bond donors (Lipinski definition) is 0. The molecule has 9 rings (SSSR count). The van der Waals surface area contributed by atoms with E-state index in [9.17, 15) is 0 Å². The quantitative estimate of drug-likeness (QED) is 0.141. The molecule has 0 saturated heterocycles. The Balaban J connectivity index is 1.26. The summed E-state index contributed by atoms with van der Waals surface area (Å²) in [7, 11) is 0. The van der Waals surface area contributed by atoms with Gasteiger partial charge in [-0.2, -0.15) is 0 Å². The van der Waals surface area contributed by atoms with Crippen molar-refractivity contribution in [2.45, 2.75) is 19.3 Å². The summed E-state index contributed by atoms with van der Waals surface area (Å²) in [6, 6.07) is 51.9. The normalized spacial score (nSPS) is 13.5. The molecule has 0 aliphatic heterocycles. The molecule has 0 radical (unpaired) electrons. The molecule has 0 amide bonds. The van der Waals surface area contributed by atoms with Gasteiger partial charge in [-0.25, -0.2) is 0 Å². The van der Waals surface area contributed by atoms with Crippen molar-refractivity contribution >= 4 is 72.4 Å². The van der Waals surface area contributed by atoms with Crippen LogP contribution in [0.2, 0.25) is 0 Å². The van der Waals surface area contributed by atoms with Crippen LogP contribution >= 0.6 is 0 Å². The first-order chi connectivity index (χ1) is 21.1. The van der Waals surface area contributed by atoms with E-state index in [1.54, 1.807) is 0 Å². The van der Waals surface area contributed by atoms with Gasteiger partial charge in [-0.15, -0.1) is 0 Å². The summed E-state index contributed by atoms with van der Waals surface area (Å²) in [6.07, 6.45) is 0. The van der Waals surface area contributed by atoms with Crippen LogP contribution in [0.5, 0.6) is 0 Å². The summed E-state index contributed by atoms with van der Waals surface area (Å²) in [4.78, 5) is 2.44. The molecule has 8 aromatic rings. The van der Waals surface area contributed by atoms with E-state index < -0.39 is 0 Å². The average Bonchev–Trinajstić information content (AvgIpc) is 3.53. The molecule has 0 N–H and O–H groups in total. The van der Waals surface area contributed by atoms with Gasteiger partial charge >= 0.3 is 258 Å². The molecule has 0 atom stereocenters. The molecular formula is C41H29NSe. The van der Waals surface area contributed by atoms with E-state index in [1.807, 2.05) is 0 Å². The zero-order valence-electron chi connectivity index (χ0n) is 24.1. The summed E-state index contributed by atoms with van der Waals surface area (Å²) in [5.74, 6) is 0. The number of nitrogens with zero attached hydrogens (tertiary/aromatic N) is 1. The molecular weight excluding hydrogens is 585 g/mol. The van der Waals surface area contributed by atoms with E-state index in [2.05, 4.69) is 158 Å². The van der Waals surface area contributed by atoms with Crippen LogP contribution < -0.4 is 4.90 Å². The van der Waals surface area contributed by atoms with Crippen LogP contribution in [-0.4, -0.2) is 14.5 Å². The fraction of sp³-hybridized carbons (Fsp3) is 0.0732. The average molecular weight is 615 g/mol. The molecule has 0 unspecified atom stereocenters. The minimum atomic E-state index is -0.0448. The summed E-state index contributed by atoms with van der Waals surface area (Å²) in [5, 5.41) is 8.21. The Labute approximate surface area is 257 Å². The second kappa shape index (κ2) is 9.19. The molecule has 0 saturated carbocycles. The summed E-state index contributed by atoms with van der Waals surface area (Å²) in [6.45, 7) is 4.72. The van der Waals surface area contributed by atoms with Gasteiger partial charge in [0.05, 0.1) is 0 Å². The number of rotatable bonds is 3. The van der Waals surface area contributed by atoms with Gasteiger partial charge in [0.25, 0.3) is 0 Å². The predicted molar refractivity (Wildman–Crippen MR) is 186 cm³/mol. The Bertz CT molecular complexity index is 2380. The summed E-state index contributed by atoms with van der Waals surface area (Å²) < 4.78 is 2.97. The van der Waals surface area contributed by atoms with E-state index in [-0.39, 0.29) is 19.9 Å². The van der Waals surface area contributed by atoms with E-state index >= 15 is 0 Å². The van der Waals surface area contributed by atoms with E-state index in [1.165, 1.54) is 80.2 Å². The van der Waals surface area contributed by atoms with Gasteiger partial charge in [0.2, 0.25) is 0 Å². The van der Waals surface area contributed by atoms with Gasteiger partial charge in [0.1, 0.15) is 0 Å². The first-order valence-electron chi connectivity index (χ1n) is 14.9. The van der Waals surface area contributed by atoms with Crippen LogP contribution in [0.15, 0.2) is 140 Å². The van der Waals surface area contributed by atoms with Crippen LogP contribution in [0, 0.1) is 0 Å². The van der Waals surface area contributed by atoms with Crippen molar-refractivity contribution in [3.05, 3.63) is 151 Å². The van der Waals surface area contributed by atoms with Gasteiger partial charge in [-0.1, -0.05) is 0 Å². The fourth-order valence-electron chi connectivity index (χ4n) is 7.30. The first kappa shape index (κ1) is 24.9. The molecule has 1 aliphatic rings. The van der Waals surface area contributed by atoms with E-state index in [0.717, 1.165) is 0 Å². The maximum absolute atomic E-state index is 2.45. The molecule has 1 aromatic heterocycles. The zero-order chi connectivity index (χ0) is 28.7. The number of para-hydroxylation sites is 1. The Morgan fingerprint density at radius 3 is 2.07 bits per heavy atom. The Kier molecular flexibility index (Phi) is 5.33. The van der Waals surface area contributed by atoms with Crippen LogP contribution in [0.1, 0.15) is 25.0 Å². The minimum absolute atomic E-state index is 0.0448. The first-order valence-corrected chi connectivity index (χ1v) is 16.7. The Morgan fingerprint density at radius 1 is 0.488 bits per heavy atom. The third kappa shape index (κ3) is 3.64.